The first-order valence-electron chi connectivity index (χ1n) is 3.77. The van der Waals surface area contributed by atoms with Crippen LogP contribution in [0.4, 0.5) is 4.39 Å². The molecule has 1 aromatic carbocycles. The topological polar surface area (TPSA) is 44.5 Å². The van der Waals surface area contributed by atoms with E-state index in [4.69, 9.17) is 23.8 Å². The zero-order valence-electron chi connectivity index (χ0n) is 6.84. The van der Waals surface area contributed by atoms with Crippen LogP contribution in [0.2, 0.25) is 5.02 Å². The number of H-pyrrole nitrogens is 2. The van der Waals surface area contributed by atoms with Gasteiger partial charge in [-0.2, -0.15) is 4.98 Å². The van der Waals surface area contributed by atoms with Crippen molar-refractivity contribution >= 4 is 23.8 Å². The highest BCUT2D eigenvalue weighted by Gasteiger charge is 2.10. The van der Waals surface area contributed by atoms with E-state index < -0.39 is 5.82 Å². The Hall–Kier alpha value is -1.20. The van der Waals surface area contributed by atoms with Gasteiger partial charge in [-0.1, -0.05) is 17.7 Å². The van der Waals surface area contributed by atoms with Gasteiger partial charge in [-0.05, 0) is 24.4 Å². The number of nitrogens with zero attached hydrogens (tertiary/aromatic N) is 1. The summed E-state index contributed by atoms with van der Waals surface area (Å²) in [4.78, 5) is 3.89. The molecular weight excluding hydrogens is 225 g/mol. The molecule has 2 aromatic rings. The molecule has 0 fully saturated rings. The molecule has 2 N–H and O–H groups in total. The van der Waals surface area contributed by atoms with Crippen LogP contribution in [0.25, 0.3) is 11.4 Å². The minimum Gasteiger partial charge on any atom is -0.282 e. The summed E-state index contributed by atoms with van der Waals surface area (Å²) >= 11 is 10.4. The average molecular weight is 230 g/mol. The van der Waals surface area contributed by atoms with E-state index in [0.717, 1.165) is 0 Å². The Bertz CT molecular complexity index is 519. The van der Waals surface area contributed by atoms with Crippen LogP contribution in [0.5, 0.6) is 0 Å². The van der Waals surface area contributed by atoms with Crippen molar-refractivity contribution < 1.29 is 4.39 Å². The molecule has 2 rings (SSSR count). The molecule has 3 nitrogen and oxygen atoms in total. The van der Waals surface area contributed by atoms with Gasteiger partial charge in [-0.15, -0.1) is 0 Å². The molecule has 14 heavy (non-hydrogen) atoms. The van der Waals surface area contributed by atoms with Gasteiger partial charge in [0.2, 0.25) is 4.77 Å². The summed E-state index contributed by atoms with van der Waals surface area (Å²) in [7, 11) is 0. The van der Waals surface area contributed by atoms with E-state index in [-0.39, 0.29) is 9.79 Å². The second-order valence-corrected chi connectivity index (χ2v) is 3.41. The third-order valence-electron chi connectivity index (χ3n) is 1.71. The average Bonchev–Trinajstić information content (AvgIpc) is 2.57. The third kappa shape index (κ3) is 1.56. The number of nitrogens with one attached hydrogen (secondary N) is 2. The summed E-state index contributed by atoms with van der Waals surface area (Å²) in [6.07, 6.45) is 0. The van der Waals surface area contributed by atoms with Crippen molar-refractivity contribution in [3.63, 3.8) is 0 Å². The van der Waals surface area contributed by atoms with Crippen LogP contribution >= 0.6 is 23.8 Å². The van der Waals surface area contributed by atoms with E-state index >= 15 is 0 Å². The van der Waals surface area contributed by atoms with Crippen molar-refractivity contribution in [2.75, 3.05) is 0 Å². The summed E-state index contributed by atoms with van der Waals surface area (Å²) in [5, 5.41) is 5.29. The molecule has 0 radical (unpaired) electrons. The largest absolute Gasteiger partial charge is 0.282 e. The van der Waals surface area contributed by atoms with E-state index in [2.05, 4.69) is 15.2 Å². The summed E-state index contributed by atoms with van der Waals surface area (Å²) in [6, 6.07) is 4.69. The molecule has 1 aromatic heterocycles. The fourth-order valence-corrected chi connectivity index (χ4v) is 1.40. The van der Waals surface area contributed by atoms with Crippen LogP contribution in [0.3, 0.4) is 0 Å². The van der Waals surface area contributed by atoms with Gasteiger partial charge in [0.25, 0.3) is 0 Å². The molecule has 0 unspecified atom stereocenters. The Morgan fingerprint density at radius 1 is 1.36 bits per heavy atom. The van der Waals surface area contributed by atoms with Gasteiger partial charge in [-0.3, -0.25) is 10.2 Å². The van der Waals surface area contributed by atoms with Gasteiger partial charge >= 0.3 is 0 Å². The highest BCUT2D eigenvalue weighted by Crippen LogP contribution is 2.24. The van der Waals surface area contributed by atoms with Crippen LogP contribution in [0.15, 0.2) is 18.2 Å². The van der Waals surface area contributed by atoms with Crippen LogP contribution < -0.4 is 0 Å². The first-order chi connectivity index (χ1) is 6.68. The van der Waals surface area contributed by atoms with E-state index in [9.17, 15) is 4.39 Å². The number of aromatic amines is 2. The molecule has 0 bridgehead atoms. The summed E-state index contributed by atoms with van der Waals surface area (Å²) in [6.45, 7) is 0. The van der Waals surface area contributed by atoms with Crippen molar-refractivity contribution in [1.29, 1.82) is 0 Å². The lowest BCUT2D eigenvalue weighted by atomic mass is 10.2. The maximum atomic E-state index is 13.5. The van der Waals surface area contributed by atoms with Gasteiger partial charge in [0.05, 0.1) is 10.6 Å². The van der Waals surface area contributed by atoms with Crippen molar-refractivity contribution in [3.05, 3.63) is 33.8 Å². The molecule has 0 atom stereocenters. The molecule has 0 saturated heterocycles. The lowest BCUT2D eigenvalue weighted by Gasteiger charge is -1.99. The van der Waals surface area contributed by atoms with Crippen molar-refractivity contribution in [1.82, 2.24) is 15.2 Å². The number of halogens is 2. The standard InChI is InChI=1S/C8H5ClFN3S/c9-5-3-1-2-4(6(5)10)7-11-8(14)13-12-7/h1-3H,(H2,11,12,13,14). The van der Waals surface area contributed by atoms with Crippen LogP contribution in [0.1, 0.15) is 0 Å². The quantitative estimate of drug-likeness (QED) is 0.739. The highest BCUT2D eigenvalue weighted by molar-refractivity contribution is 7.71. The zero-order valence-corrected chi connectivity index (χ0v) is 8.42. The summed E-state index contributed by atoms with van der Waals surface area (Å²) in [5.41, 5.74) is 0.296. The smallest absolute Gasteiger partial charge is 0.213 e. The lowest BCUT2D eigenvalue weighted by molar-refractivity contribution is 0.630. The minimum atomic E-state index is -0.507. The first kappa shape index (κ1) is 9.36. The predicted molar refractivity (Wildman–Crippen MR) is 54.2 cm³/mol. The van der Waals surface area contributed by atoms with E-state index in [1.165, 1.54) is 6.07 Å². The maximum Gasteiger partial charge on any atom is 0.213 e. The van der Waals surface area contributed by atoms with E-state index in [0.29, 0.717) is 11.4 Å². The van der Waals surface area contributed by atoms with Crippen molar-refractivity contribution in [2.45, 2.75) is 0 Å². The first-order valence-corrected chi connectivity index (χ1v) is 4.56. The highest BCUT2D eigenvalue weighted by atomic mass is 35.5. The molecule has 0 spiro atoms. The predicted octanol–water partition coefficient (Wildman–Crippen LogP) is 2.93. The third-order valence-corrected chi connectivity index (χ3v) is 2.19. The molecule has 0 amide bonds. The summed E-state index contributed by atoms with van der Waals surface area (Å²) < 4.78 is 13.7. The van der Waals surface area contributed by atoms with Gasteiger partial charge in [0, 0.05) is 0 Å². The second kappa shape index (κ2) is 3.51. The minimum absolute atomic E-state index is 0.0600. The monoisotopic (exact) mass is 229 g/mol. The number of aromatic nitrogens is 3. The van der Waals surface area contributed by atoms with Crippen LogP contribution in [-0.4, -0.2) is 15.2 Å². The van der Waals surface area contributed by atoms with Gasteiger partial charge in [-0.25, -0.2) is 4.39 Å². The molecule has 0 aliphatic heterocycles. The Morgan fingerprint density at radius 2 is 2.14 bits per heavy atom. The number of hydrogen-bond donors (Lipinski definition) is 2. The molecule has 0 aliphatic rings. The number of benzene rings is 1. The Balaban J connectivity index is 2.62. The van der Waals surface area contributed by atoms with Crippen molar-refractivity contribution in [2.24, 2.45) is 0 Å². The Morgan fingerprint density at radius 3 is 2.79 bits per heavy atom. The maximum absolute atomic E-state index is 13.5. The molecule has 0 saturated carbocycles. The fourth-order valence-electron chi connectivity index (χ4n) is 1.08. The SMILES string of the molecule is Fc1c(Cl)cccc1-c1nc(=S)[nH][nH]1. The van der Waals surface area contributed by atoms with Gasteiger partial charge < -0.3 is 0 Å². The summed E-state index contributed by atoms with van der Waals surface area (Å²) in [5.74, 6) is -0.165. The number of rotatable bonds is 1. The number of hydrogen-bond acceptors (Lipinski definition) is 2. The normalized spacial score (nSPS) is 10.4. The second-order valence-electron chi connectivity index (χ2n) is 2.62. The van der Waals surface area contributed by atoms with Crippen LogP contribution in [-0.2, 0) is 0 Å². The Labute approximate surface area is 88.9 Å². The lowest BCUT2D eigenvalue weighted by Crippen LogP contribution is -1.87. The van der Waals surface area contributed by atoms with E-state index in [1.54, 1.807) is 12.1 Å². The molecule has 6 heteroatoms. The zero-order chi connectivity index (χ0) is 10.1. The fraction of sp³-hybridized carbons (Fsp3) is 0. The molecule has 72 valence electrons. The van der Waals surface area contributed by atoms with Gasteiger partial charge in [0.15, 0.2) is 11.6 Å². The molecule has 1 heterocycles. The van der Waals surface area contributed by atoms with Gasteiger partial charge in [0.1, 0.15) is 0 Å². The molecular formula is C8H5ClFN3S. The van der Waals surface area contributed by atoms with Crippen molar-refractivity contribution in [3.8, 4) is 11.4 Å². The van der Waals surface area contributed by atoms with E-state index in [1.807, 2.05) is 0 Å². The molecule has 0 aliphatic carbocycles. The van der Waals surface area contributed by atoms with Crippen LogP contribution in [0, 0.1) is 10.6 Å². The Kier molecular flexibility index (Phi) is 2.35.